The Labute approximate surface area is 142 Å². The number of hydrogen-bond donors (Lipinski definition) is 1. The van der Waals surface area contributed by atoms with Crippen LogP contribution in [0.5, 0.6) is 5.75 Å². The number of nitrogens with one attached hydrogen (secondary N) is 1. The second-order valence-electron chi connectivity index (χ2n) is 6.66. The Balaban J connectivity index is 1.76. The van der Waals surface area contributed by atoms with Crippen LogP contribution < -0.4 is 10.1 Å². The number of amides is 1. The quantitative estimate of drug-likeness (QED) is 0.929. The van der Waals surface area contributed by atoms with Crippen molar-refractivity contribution in [2.75, 3.05) is 12.4 Å². The van der Waals surface area contributed by atoms with Gasteiger partial charge in [-0.1, -0.05) is 24.3 Å². The van der Waals surface area contributed by atoms with E-state index in [4.69, 9.17) is 9.73 Å². The van der Waals surface area contributed by atoms with E-state index >= 15 is 0 Å². The fraction of sp³-hybridized carbons (Fsp3) is 0.300. The highest BCUT2D eigenvalue weighted by molar-refractivity contribution is 6.14. The predicted molar refractivity (Wildman–Crippen MR) is 97.0 cm³/mol. The van der Waals surface area contributed by atoms with Gasteiger partial charge in [0.25, 0.3) is 0 Å². The largest absolute Gasteiger partial charge is 0.497 e. The molecule has 1 aliphatic heterocycles. The summed E-state index contributed by atoms with van der Waals surface area (Å²) in [6, 6.07) is 15.5. The first-order valence-corrected chi connectivity index (χ1v) is 8.08. The molecule has 0 radical (unpaired) electrons. The van der Waals surface area contributed by atoms with Crippen molar-refractivity contribution < 1.29 is 9.53 Å². The van der Waals surface area contributed by atoms with E-state index < -0.39 is 0 Å². The Hall–Kier alpha value is -2.62. The highest BCUT2D eigenvalue weighted by atomic mass is 16.5. The molecule has 0 bridgehead atoms. The van der Waals surface area contributed by atoms with Crippen molar-refractivity contribution in [1.29, 1.82) is 0 Å². The van der Waals surface area contributed by atoms with E-state index in [1.165, 1.54) is 5.56 Å². The maximum absolute atomic E-state index is 12.4. The summed E-state index contributed by atoms with van der Waals surface area (Å²) in [6.07, 6.45) is 1.17. The maximum atomic E-state index is 12.4. The predicted octanol–water partition coefficient (Wildman–Crippen LogP) is 3.85. The molecule has 124 valence electrons. The molecule has 3 rings (SSSR count). The monoisotopic (exact) mass is 322 g/mol. The van der Waals surface area contributed by atoms with E-state index in [2.05, 4.69) is 25.2 Å². The van der Waals surface area contributed by atoms with Gasteiger partial charge in [-0.15, -0.1) is 0 Å². The third-order valence-electron chi connectivity index (χ3n) is 4.09. The lowest BCUT2D eigenvalue weighted by atomic mass is 9.86. The first kappa shape index (κ1) is 16.2. The maximum Gasteiger partial charge on any atom is 0.230 e. The van der Waals surface area contributed by atoms with E-state index in [1.54, 1.807) is 7.11 Å². The molecule has 4 nitrogen and oxygen atoms in total. The first-order valence-electron chi connectivity index (χ1n) is 8.08. The lowest BCUT2D eigenvalue weighted by molar-refractivity contribution is -0.115. The molecule has 1 aliphatic rings. The van der Waals surface area contributed by atoms with Crippen LogP contribution in [0.3, 0.4) is 0 Å². The summed E-state index contributed by atoms with van der Waals surface area (Å²) in [7, 11) is 1.62. The van der Waals surface area contributed by atoms with Gasteiger partial charge in [-0.3, -0.25) is 9.79 Å². The zero-order valence-corrected chi connectivity index (χ0v) is 14.3. The van der Waals surface area contributed by atoms with Gasteiger partial charge in [0.05, 0.1) is 24.8 Å². The van der Waals surface area contributed by atoms with E-state index in [0.717, 1.165) is 29.1 Å². The highest BCUT2D eigenvalue weighted by Gasteiger charge is 2.27. The van der Waals surface area contributed by atoms with Crippen molar-refractivity contribution in [2.45, 2.75) is 32.2 Å². The molecular formula is C20H22N2O2. The third-order valence-corrected chi connectivity index (χ3v) is 4.09. The molecule has 0 fully saturated rings. The van der Waals surface area contributed by atoms with Crippen molar-refractivity contribution in [3.63, 3.8) is 0 Å². The van der Waals surface area contributed by atoms with Crippen LogP contribution in [0, 0.1) is 0 Å². The van der Waals surface area contributed by atoms with Gasteiger partial charge in [-0.2, -0.15) is 0 Å². The number of anilines is 1. The number of ether oxygens (including phenoxy) is 1. The van der Waals surface area contributed by atoms with Crippen molar-refractivity contribution in [3.8, 4) is 5.75 Å². The van der Waals surface area contributed by atoms with Crippen LogP contribution in [0.4, 0.5) is 5.69 Å². The van der Waals surface area contributed by atoms with Gasteiger partial charge >= 0.3 is 0 Å². The van der Waals surface area contributed by atoms with Crippen LogP contribution in [0.1, 0.15) is 31.4 Å². The van der Waals surface area contributed by atoms with E-state index in [0.29, 0.717) is 0 Å². The summed E-state index contributed by atoms with van der Waals surface area (Å²) in [4.78, 5) is 17.2. The van der Waals surface area contributed by atoms with Crippen molar-refractivity contribution in [2.24, 2.45) is 4.99 Å². The molecule has 0 spiro atoms. The molecule has 1 N–H and O–H groups in total. The summed E-state index contributed by atoms with van der Waals surface area (Å²) in [6.45, 7) is 4.20. The zero-order chi connectivity index (χ0) is 17.2. The van der Waals surface area contributed by atoms with Gasteiger partial charge in [0.1, 0.15) is 5.75 Å². The Morgan fingerprint density at radius 2 is 1.88 bits per heavy atom. The van der Waals surface area contributed by atoms with E-state index in [-0.39, 0.29) is 17.9 Å². The normalized spacial score (nSPS) is 15.2. The molecule has 0 unspecified atom stereocenters. The Kier molecular flexibility index (Phi) is 4.38. The van der Waals surface area contributed by atoms with Crippen LogP contribution in [-0.2, 0) is 11.2 Å². The number of nitrogens with zero attached hydrogens (tertiary/aromatic N) is 1. The van der Waals surface area contributed by atoms with Crippen LogP contribution in [-0.4, -0.2) is 24.3 Å². The van der Waals surface area contributed by atoms with E-state index in [9.17, 15) is 4.79 Å². The summed E-state index contributed by atoms with van der Waals surface area (Å²) >= 11 is 0. The standard InChI is InChI=1S/C20H22N2O2/c1-20(2)13-14-6-4-5-7-17(14)18(22-20)12-19(23)21-15-8-10-16(24-3)11-9-15/h4-11H,12-13H2,1-3H3,(H,21,23). The third kappa shape index (κ3) is 3.65. The highest BCUT2D eigenvalue weighted by Crippen LogP contribution is 2.28. The van der Waals surface area contributed by atoms with Crippen molar-refractivity contribution in [1.82, 2.24) is 0 Å². The van der Waals surface area contributed by atoms with Crippen LogP contribution in [0.15, 0.2) is 53.5 Å². The lowest BCUT2D eigenvalue weighted by Crippen LogP contribution is -2.30. The number of benzene rings is 2. The molecule has 0 saturated carbocycles. The van der Waals surface area contributed by atoms with Gasteiger partial charge < -0.3 is 10.1 Å². The minimum Gasteiger partial charge on any atom is -0.497 e. The minimum atomic E-state index is -0.177. The second-order valence-corrected chi connectivity index (χ2v) is 6.66. The van der Waals surface area contributed by atoms with E-state index in [1.807, 2.05) is 42.5 Å². The minimum absolute atomic E-state index is 0.0635. The smallest absolute Gasteiger partial charge is 0.230 e. The molecule has 1 amide bonds. The van der Waals surface area contributed by atoms with Gasteiger partial charge in [-0.25, -0.2) is 0 Å². The summed E-state index contributed by atoms with van der Waals surface area (Å²) in [5.74, 6) is 0.701. The van der Waals surface area contributed by atoms with Gasteiger partial charge in [0.2, 0.25) is 5.91 Å². The number of rotatable bonds is 4. The number of fused-ring (bicyclic) bond motifs is 1. The molecule has 0 aromatic heterocycles. The fourth-order valence-electron chi connectivity index (χ4n) is 3.05. The van der Waals surface area contributed by atoms with Crippen LogP contribution in [0.25, 0.3) is 0 Å². The average molecular weight is 322 g/mol. The van der Waals surface area contributed by atoms with Crippen molar-refractivity contribution in [3.05, 3.63) is 59.7 Å². The number of carbonyl (C=O) groups is 1. The first-order chi connectivity index (χ1) is 11.5. The molecule has 0 saturated heterocycles. The Bertz CT molecular complexity index is 776. The lowest BCUT2D eigenvalue weighted by Gasteiger charge is -2.29. The van der Waals surface area contributed by atoms with Crippen LogP contribution >= 0.6 is 0 Å². The number of hydrogen-bond acceptors (Lipinski definition) is 3. The fourth-order valence-corrected chi connectivity index (χ4v) is 3.05. The molecule has 1 heterocycles. The SMILES string of the molecule is COc1ccc(NC(=O)CC2=NC(C)(C)Cc3ccccc32)cc1. The number of carbonyl (C=O) groups excluding carboxylic acids is 1. The molecule has 24 heavy (non-hydrogen) atoms. The van der Waals surface area contributed by atoms with Crippen LogP contribution in [0.2, 0.25) is 0 Å². The zero-order valence-electron chi connectivity index (χ0n) is 14.3. The van der Waals surface area contributed by atoms with Crippen molar-refractivity contribution >= 4 is 17.3 Å². The summed E-state index contributed by atoms with van der Waals surface area (Å²) < 4.78 is 5.13. The van der Waals surface area contributed by atoms with Gasteiger partial charge in [0.15, 0.2) is 0 Å². The Morgan fingerprint density at radius 3 is 2.58 bits per heavy atom. The topological polar surface area (TPSA) is 50.7 Å². The second kappa shape index (κ2) is 6.48. The average Bonchev–Trinajstić information content (AvgIpc) is 2.54. The van der Waals surface area contributed by atoms with Gasteiger partial charge in [0, 0.05) is 5.69 Å². The summed E-state index contributed by atoms with van der Waals surface area (Å²) in [5.41, 5.74) is 3.77. The van der Waals surface area contributed by atoms with Gasteiger partial charge in [-0.05, 0) is 55.7 Å². The molecule has 0 atom stereocenters. The molecule has 2 aromatic rings. The molecular weight excluding hydrogens is 300 g/mol. The Morgan fingerprint density at radius 1 is 1.17 bits per heavy atom. The molecule has 2 aromatic carbocycles. The molecule has 4 heteroatoms. The molecule has 0 aliphatic carbocycles. The number of methoxy groups -OCH3 is 1. The summed E-state index contributed by atoms with van der Waals surface area (Å²) in [5, 5.41) is 2.92. The number of aliphatic imine (C=N–C) groups is 1.